The van der Waals surface area contributed by atoms with Crippen molar-refractivity contribution in [3.63, 3.8) is 0 Å². The Kier molecular flexibility index (Phi) is 3.92. The Hall–Kier alpha value is -2.96. The molecular weight excluding hydrogens is 298 g/mol. The summed E-state index contributed by atoms with van der Waals surface area (Å²) in [7, 11) is 0. The molecule has 1 saturated carbocycles. The molecule has 23 heavy (non-hydrogen) atoms. The summed E-state index contributed by atoms with van der Waals surface area (Å²) < 4.78 is 0. The van der Waals surface area contributed by atoms with Gasteiger partial charge in [-0.15, -0.1) is 0 Å². The number of benzene rings is 1. The summed E-state index contributed by atoms with van der Waals surface area (Å²) in [5.74, 6) is -0.633. The molecule has 0 bridgehead atoms. The molecule has 1 fully saturated rings. The number of carboxylic acid groups (broad SMARTS) is 1. The first kappa shape index (κ1) is 15.0. The van der Waals surface area contributed by atoms with E-state index < -0.39 is 17.9 Å². The van der Waals surface area contributed by atoms with E-state index in [0.29, 0.717) is 11.5 Å². The van der Waals surface area contributed by atoms with Crippen molar-refractivity contribution >= 4 is 11.9 Å². The van der Waals surface area contributed by atoms with Crippen LogP contribution >= 0.6 is 0 Å². The number of carboxylic acids is 1. The molecule has 1 aliphatic carbocycles. The molecule has 0 radical (unpaired) electrons. The van der Waals surface area contributed by atoms with Gasteiger partial charge in [-0.1, -0.05) is 12.1 Å². The molecule has 1 heterocycles. The van der Waals surface area contributed by atoms with E-state index in [4.69, 9.17) is 0 Å². The highest BCUT2D eigenvalue weighted by Crippen LogP contribution is 2.37. The molecule has 0 spiro atoms. The summed E-state index contributed by atoms with van der Waals surface area (Å²) in [5.41, 5.74) is 0.568. The molecule has 0 saturated heterocycles. The van der Waals surface area contributed by atoms with E-state index >= 15 is 0 Å². The van der Waals surface area contributed by atoms with Crippen LogP contribution in [-0.4, -0.2) is 32.1 Å². The molecule has 1 aromatic heterocycles. The van der Waals surface area contributed by atoms with Crippen LogP contribution < -0.4 is 5.32 Å². The van der Waals surface area contributed by atoms with Gasteiger partial charge in [-0.2, -0.15) is 0 Å². The third kappa shape index (κ3) is 3.45. The van der Waals surface area contributed by atoms with Crippen LogP contribution in [0.25, 0.3) is 0 Å². The Labute approximate surface area is 132 Å². The van der Waals surface area contributed by atoms with E-state index in [1.807, 2.05) is 0 Å². The fraction of sp³-hybridized carbons (Fsp3) is 0.250. The zero-order chi connectivity index (χ0) is 16.4. The lowest BCUT2D eigenvalue weighted by molar-refractivity contribution is -0.139. The van der Waals surface area contributed by atoms with Crippen molar-refractivity contribution in [3.05, 3.63) is 53.6 Å². The maximum absolute atomic E-state index is 12.2. The lowest BCUT2D eigenvalue weighted by Crippen LogP contribution is -2.33. The maximum Gasteiger partial charge on any atom is 0.330 e. The number of rotatable bonds is 5. The van der Waals surface area contributed by atoms with Gasteiger partial charge in [0.05, 0.1) is 5.56 Å². The summed E-state index contributed by atoms with van der Waals surface area (Å²) in [4.78, 5) is 31.9. The number of carbonyl (C=O) groups is 2. The lowest BCUT2D eigenvalue weighted by atomic mass is 10.1. The summed E-state index contributed by atoms with van der Waals surface area (Å²) in [6.07, 6.45) is 4.94. The van der Waals surface area contributed by atoms with Crippen LogP contribution in [-0.2, 0) is 4.79 Å². The summed E-state index contributed by atoms with van der Waals surface area (Å²) >= 11 is 0. The van der Waals surface area contributed by atoms with Crippen molar-refractivity contribution in [1.29, 1.82) is 0 Å². The summed E-state index contributed by atoms with van der Waals surface area (Å²) in [6, 6.07) is 4.41. The molecule has 1 amide bonds. The van der Waals surface area contributed by atoms with Crippen molar-refractivity contribution in [2.24, 2.45) is 0 Å². The molecule has 118 valence electrons. The molecular formula is C16H15N3O4. The predicted molar refractivity (Wildman–Crippen MR) is 80.0 cm³/mol. The topological polar surface area (TPSA) is 112 Å². The van der Waals surface area contributed by atoms with Crippen LogP contribution in [0.1, 0.15) is 46.5 Å². The molecule has 0 aliphatic heterocycles. The third-order valence-corrected chi connectivity index (χ3v) is 3.63. The van der Waals surface area contributed by atoms with Crippen LogP contribution in [0.3, 0.4) is 0 Å². The van der Waals surface area contributed by atoms with Gasteiger partial charge in [-0.25, -0.2) is 14.8 Å². The number of aromatic hydroxyl groups is 1. The number of phenols is 1. The van der Waals surface area contributed by atoms with Gasteiger partial charge in [-0.05, 0) is 30.5 Å². The number of phenolic OH excluding ortho intramolecular Hbond substituents is 1. The molecule has 7 nitrogen and oxygen atoms in total. The van der Waals surface area contributed by atoms with Gasteiger partial charge in [-0.3, -0.25) is 4.79 Å². The number of aliphatic carboxylic acids is 1. The highest BCUT2D eigenvalue weighted by atomic mass is 16.4. The molecule has 3 rings (SSSR count). The maximum atomic E-state index is 12.2. The second kappa shape index (κ2) is 6.04. The average Bonchev–Trinajstić information content (AvgIpc) is 3.38. The van der Waals surface area contributed by atoms with E-state index in [9.17, 15) is 19.8 Å². The molecule has 3 N–H and O–H groups in total. The Bertz CT molecular complexity index is 724. The average molecular weight is 313 g/mol. The van der Waals surface area contributed by atoms with Crippen LogP contribution in [0, 0.1) is 0 Å². The Morgan fingerprint density at radius 3 is 2.26 bits per heavy atom. The Morgan fingerprint density at radius 2 is 1.74 bits per heavy atom. The minimum absolute atomic E-state index is 0.0216. The number of nitrogens with zero attached hydrogens (tertiary/aromatic N) is 2. The first-order chi connectivity index (χ1) is 11.0. The van der Waals surface area contributed by atoms with E-state index in [1.54, 1.807) is 0 Å². The number of aromatic nitrogens is 2. The number of nitrogens with one attached hydrogen (secondary N) is 1. The normalized spacial score (nSPS) is 15.0. The monoisotopic (exact) mass is 313 g/mol. The minimum Gasteiger partial charge on any atom is -0.508 e. The predicted octanol–water partition coefficient (Wildman–Crippen LogP) is 1.62. The fourth-order valence-corrected chi connectivity index (χ4v) is 2.18. The zero-order valence-electron chi connectivity index (χ0n) is 12.1. The van der Waals surface area contributed by atoms with Gasteiger partial charge >= 0.3 is 5.97 Å². The largest absolute Gasteiger partial charge is 0.508 e. The van der Waals surface area contributed by atoms with E-state index in [1.165, 1.54) is 36.7 Å². The summed E-state index contributed by atoms with van der Waals surface area (Å²) in [6.45, 7) is 0. The fourth-order valence-electron chi connectivity index (χ4n) is 2.18. The molecule has 1 aromatic carbocycles. The Morgan fingerprint density at radius 1 is 1.13 bits per heavy atom. The van der Waals surface area contributed by atoms with E-state index in [0.717, 1.165) is 18.7 Å². The molecule has 7 heteroatoms. The highest BCUT2D eigenvalue weighted by molar-refractivity contribution is 5.96. The second-order valence-electron chi connectivity index (χ2n) is 5.44. The van der Waals surface area contributed by atoms with Crippen molar-refractivity contribution < 1.29 is 19.8 Å². The van der Waals surface area contributed by atoms with Crippen molar-refractivity contribution in [2.75, 3.05) is 0 Å². The van der Waals surface area contributed by atoms with Crippen LogP contribution in [0.2, 0.25) is 0 Å². The van der Waals surface area contributed by atoms with Crippen LogP contribution in [0.5, 0.6) is 5.75 Å². The van der Waals surface area contributed by atoms with Gasteiger partial charge in [0.15, 0.2) is 6.04 Å². The van der Waals surface area contributed by atoms with E-state index in [-0.39, 0.29) is 11.3 Å². The smallest absolute Gasteiger partial charge is 0.330 e. The van der Waals surface area contributed by atoms with E-state index in [2.05, 4.69) is 15.3 Å². The molecule has 1 unspecified atom stereocenters. The van der Waals surface area contributed by atoms with Gasteiger partial charge in [0.1, 0.15) is 11.6 Å². The molecule has 1 aliphatic rings. The number of carbonyl (C=O) groups excluding carboxylic acids is 1. The van der Waals surface area contributed by atoms with Crippen molar-refractivity contribution in [3.8, 4) is 5.75 Å². The van der Waals surface area contributed by atoms with Crippen molar-refractivity contribution in [1.82, 2.24) is 15.3 Å². The Balaban J connectivity index is 1.75. The molecule has 1 atom stereocenters. The summed E-state index contributed by atoms with van der Waals surface area (Å²) in [5, 5.41) is 21.0. The second-order valence-corrected chi connectivity index (χ2v) is 5.44. The van der Waals surface area contributed by atoms with Crippen LogP contribution in [0.15, 0.2) is 36.7 Å². The van der Waals surface area contributed by atoms with Crippen molar-refractivity contribution in [2.45, 2.75) is 24.8 Å². The number of hydrogen-bond donors (Lipinski definition) is 3. The van der Waals surface area contributed by atoms with Gasteiger partial charge in [0.25, 0.3) is 5.91 Å². The quantitative estimate of drug-likeness (QED) is 0.773. The van der Waals surface area contributed by atoms with Gasteiger partial charge in [0, 0.05) is 18.3 Å². The van der Waals surface area contributed by atoms with Gasteiger partial charge in [0.2, 0.25) is 0 Å². The first-order valence-corrected chi connectivity index (χ1v) is 7.19. The SMILES string of the molecule is O=C(NC(C(=O)O)c1ccc(O)cc1)c1cnc(C2CC2)nc1. The number of hydrogen-bond acceptors (Lipinski definition) is 5. The standard InChI is InChI=1S/C16H15N3O4/c20-12-5-3-9(4-6-12)13(16(22)23)19-15(21)11-7-17-14(18-8-11)10-1-2-10/h3-8,10,13,20H,1-2H2,(H,19,21)(H,22,23). The van der Waals surface area contributed by atoms with Gasteiger partial charge < -0.3 is 15.5 Å². The zero-order valence-corrected chi connectivity index (χ0v) is 12.1. The van der Waals surface area contributed by atoms with Crippen LogP contribution in [0.4, 0.5) is 0 Å². The number of amides is 1. The highest BCUT2D eigenvalue weighted by Gasteiger charge is 2.27. The first-order valence-electron chi connectivity index (χ1n) is 7.19. The lowest BCUT2D eigenvalue weighted by Gasteiger charge is -2.15. The molecule has 2 aromatic rings. The minimum atomic E-state index is -1.22. The third-order valence-electron chi connectivity index (χ3n) is 3.63.